The third-order valence-electron chi connectivity index (χ3n) is 3.33. The molecular formula is C16H14BrN3O2. The molecule has 0 radical (unpaired) electrons. The van der Waals surface area contributed by atoms with Crippen molar-refractivity contribution in [1.29, 1.82) is 0 Å². The molecule has 22 heavy (non-hydrogen) atoms. The molecule has 0 saturated carbocycles. The van der Waals surface area contributed by atoms with Crippen LogP contribution < -0.4 is 0 Å². The first-order chi connectivity index (χ1) is 10.7. The molecule has 0 aliphatic rings. The maximum Gasteiger partial charge on any atom is 0.338 e. The molecule has 1 aromatic heterocycles. The second-order valence-electron chi connectivity index (χ2n) is 4.81. The van der Waals surface area contributed by atoms with E-state index in [4.69, 9.17) is 4.74 Å². The van der Waals surface area contributed by atoms with Crippen molar-refractivity contribution < 1.29 is 9.53 Å². The van der Waals surface area contributed by atoms with E-state index < -0.39 is 0 Å². The average Bonchev–Trinajstić information content (AvgIpc) is 2.96. The predicted molar refractivity (Wildman–Crippen MR) is 86.5 cm³/mol. The van der Waals surface area contributed by atoms with Gasteiger partial charge in [0.05, 0.1) is 11.1 Å². The van der Waals surface area contributed by atoms with E-state index in [1.54, 1.807) is 16.8 Å². The highest BCUT2D eigenvalue weighted by Gasteiger charge is 2.11. The van der Waals surface area contributed by atoms with Crippen LogP contribution in [0.25, 0.3) is 11.0 Å². The molecule has 0 aliphatic carbocycles. The Labute approximate surface area is 136 Å². The molecule has 0 unspecified atom stereocenters. The number of hydrogen-bond donors (Lipinski definition) is 0. The van der Waals surface area contributed by atoms with Crippen molar-refractivity contribution in [3.8, 4) is 0 Å². The van der Waals surface area contributed by atoms with Crippen LogP contribution in [0, 0.1) is 0 Å². The molecular weight excluding hydrogens is 346 g/mol. The first-order valence-electron chi connectivity index (χ1n) is 6.92. The van der Waals surface area contributed by atoms with Crippen LogP contribution in [-0.4, -0.2) is 21.0 Å². The van der Waals surface area contributed by atoms with Crippen LogP contribution in [0.5, 0.6) is 0 Å². The van der Waals surface area contributed by atoms with Crippen molar-refractivity contribution in [1.82, 2.24) is 15.0 Å². The average molecular weight is 360 g/mol. The lowest BCUT2D eigenvalue weighted by atomic mass is 10.2. The minimum atomic E-state index is -0.365. The molecule has 5 nitrogen and oxygen atoms in total. The molecule has 0 saturated heterocycles. The number of rotatable bonds is 4. The van der Waals surface area contributed by atoms with Crippen LogP contribution in [0.2, 0.25) is 0 Å². The molecule has 0 fully saturated rings. The van der Waals surface area contributed by atoms with Gasteiger partial charge in [-0.1, -0.05) is 33.3 Å². The van der Waals surface area contributed by atoms with Crippen LogP contribution in [0.4, 0.5) is 0 Å². The Morgan fingerprint density at radius 3 is 2.73 bits per heavy atom. The summed E-state index contributed by atoms with van der Waals surface area (Å²) in [6.07, 6.45) is 0. The van der Waals surface area contributed by atoms with E-state index in [9.17, 15) is 4.79 Å². The lowest BCUT2D eigenvalue weighted by Crippen LogP contribution is -2.05. The smallest absolute Gasteiger partial charge is 0.338 e. The van der Waals surface area contributed by atoms with Crippen LogP contribution >= 0.6 is 15.9 Å². The van der Waals surface area contributed by atoms with Crippen molar-refractivity contribution in [2.24, 2.45) is 0 Å². The van der Waals surface area contributed by atoms with E-state index in [0.717, 1.165) is 22.1 Å². The van der Waals surface area contributed by atoms with E-state index in [1.807, 2.05) is 37.3 Å². The normalized spacial score (nSPS) is 10.8. The SMILES string of the molecule is CCn1nnc2cc(C(=O)OCc3ccc(Br)cc3)ccc21. The van der Waals surface area contributed by atoms with Crippen molar-refractivity contribution in [3.63, 3.8) is 0 Å². The Balaban J connectivity index is 1.73. The number of carbonyl (C=O) groups is 1. The predicted octanol–water partition coefficient (Wildman–Crippen LogP) is 3.57. The Kier molecular flexibility index (Phi) is 4.20. The fourth-order valence-electron chi connectivity index (χ4n) is 2.15. The fraction of sp³-hybridized carbons (Fsp3) is 0.188. The molecule has 2 aromatic carbocycles. The summed E-state index contributed by atoms with van der Waals surface area (Å²) >= 11 is 3.37. The van der Waals surface area contributed by atoms with Crippen LogP contribution in [0.1, 0.15) is 22.8 Å². The first-order valence-corrected chi connectivity index (χ1v) is 7.71. The van der Waals surface area contributed by atoms with Gasteiger partial charge in [-0.2, -0.15) is 0 Å². The zero-order chi connectivity index (χ0) is 15.5. The lowest BCUT2D eigenvalue weighted by molar-refractivity contribution is 0.0473. The largest absolute Gasteiger partial charge is 0.457 e. The number of aryl methyl sites for hydroxylation is 1. The van der Waals surface area contributed by atoms with Crippen LogP contribution in [0.15, 0.2) is 46.9 Å². The third kappa shape index (κ3) is 3.01. The van der Waals surface area contributed by atoms with Gasteiger partial charge in [0.1, 0.15) is 12.1 Å². The third-order valence-corrected chi connectivity index (χ3v) is 3.86. The molecule has 3 rings (SSSR count). The van der Waals surface area contributed by atoms with Gasteiger partial charge < -0.3 is 4.74 Å². The van der Waals surface area contributed by atoms with Crippen molar-refractivity contribution in [3.05, 3.63) is 58.1 Å². The maximum absolute atomic E-state index is 12.1. The number of hydrogen-bond acceptors (Lipinski definition) is 4. The molecule has 0 N–H and O–H groups in total. The minimum Gasteiger partial charge on any atom is -0.457 e. The highest BCUT2D eigenvalue weighted by molar-refractivity contribution is 9.10. The number of nitrogens with zero attached hydrogens (tertiary/aromatic N) is 3. The van der Waals surface area contributed by atoms with Gasteiger partial charge in [-0.25, -0.2) is 9.48 Å². The Morgan fingerprint density at radius 2 is 2.00 bits per heavy atom. The quantitative estimate of drug-likeness (QED) is 0.668. The summed E-state index contributed by atoms with van der Waals surface area (Å²) in [5, 5.41) is 8.09. The lowest BCUT2D eigenvalue weighted by Gasteiger charge is -2.05. The first kappa shape index (κ1) is 14.7. The van der Waals surface area contributed by atoms with Crippen molar-refractivity contribution >= 4 is 32.9 Å². The summed E-state index contributed by atoms with van der Waals surface area (Å²) < 4.78 is 8.10. The van der Waals surface area contributed by atoms with Gasteiger partial charge >= 0.3 is 5.97 Å². The molecule has 6 heteroatoms. The maximum atomic E-state index is 12.1. The standard InChI is InChI=1S/C16H14BrN3O2/c1-2-20-15-8-5-12(9-14(15)18-19-20)16(21)22-10-11-3-6-13(17)7-4-11/h3-9H,2,10H2,1H3. The Morgan fingerprint density at radius 1 is 1.23 bits per heavy atom. The second kappa shape index (κ2) is 6.27. The minimum absolute atomic E-state index is 0.242. The Bertz CT molecular complexity index is 812. The van der Waals surface area contributed by atoms with E-state index >= 15 is 0 Å². The van der Waals surface area contributed by atoms with Gasteiger partial charge in [-0.15, -0.1) is 5.10 Å². The molecule has 0 aliphatic heterocycles. The van der Waals surface area contributed by atoms with Gasteiger partial charge in [0.15, 0.2) is 0 Å². The van der Waals surface area contributed by atoms with Gasteiger partial charge in [0, 0.05) is 11.0 Å². The number of halogens is 1. The second-order valence-corrected chi connectivity index (χ2v) is 5.73. The van der Waals surface area contributed by atoms with Crippen LogP contribution in [0.3, 0.4) is 0 Å². The number of benzene rings is 2. The van der Waals surface area contributed by atoms with E-state index in [-0.39, 0.29) is 12.6 Å². The van der Waals surface area contributed by atoms with Gasteiger partial charge in [-0.05, 0) is 42.8 Å². The molecule has 0 bridgehead atoms. The summed E-state index contributed by atoms with van der Waals surface area (Å²) in [4.78, 5) is 12.1. The van der Waals surface area contributed by atoms with E-state index in [2.05, 4.69) is 26.2 Å². The van der Waals surface area contributed by atoms with Crippen molar-refractivity contribution in [2.45, 2.75) is 20.1 Å². The number of ether oxygens (including phenoxy) is 1. The number of esters is 1. The molecule has 0 amide bonds. The fourth-order valence-corrected chi connectivity index (χ4v) is 2.41. The number of carbonyl (C=O) groups excluding carboxylic acids is 1. The highest BCUT2D eigenvalue weighted by Crippen LogP contribution is 2.16. The van der Waals surface area contributed by atoms with Gasteiger partial charge in [0.2, 0.25) is 0 Å². The molecule has 0 spiro atoms. The summed E-state index contributed by atoms with van der Waals surface area (Å²) in [5.41, 5.74) is 3.02. The van der Waals surface area contributed by atoms with Crippen molar-refractivity contribution in [2.75, 3.05) is 0 Å². The Hall–Kier alpha value is -2.21. The molecule has 1 heterocycles. The summed E-state index contributed by atoms with van der Waals surface area (Å²) in [5.74, 6) is -0.365. The zero-order valence-corrected chi connectivity index (χ0v) is 13.6. The number of aromatic nitrogens is 3. The van der Waals surface area contributed by atoms with E-state index in [1.165, 1.54) is 0 Å². The van der Waals surface area contributed by atoms with E-state index in [0.29, 0.717) is 11.1 Å². The summed E-state index contributed by atoms with van der Waals surface area (Å²) in [7, 11) is 0. The topological polar surface area (TPSA) is 57.0 Å². The van der Waals surface area contributed by atoms with Gasteiger partial charge in [0.25, 0.3) is 0 Å². The molecule has 0 atom stereocenters. The zero-order valence-electron chi connectivity index (χ0n) is 12.0. The van der Waals surface area contributed by atoms with Gasteiger partial charge in [-0.3, -0.25) is 0 Å². The molecule has 112 valence electrons. The highest BCUT2D eigenvalue weighted by atomic mass is 79.9. The monoisotopic (exact) mass is 359 g/mol. The summed E-state index contributed by atoms with van der Waals surface area (Å²) in [6, 6.07) is 12.9. The molecule has 3 aromatic rings. The number of fused-ring (bicyclic) bond motifs is 1. The van der Waals surface area contributed by atoms with Crippen LogP contribution in [-0.2, 0) is 17.9 Å². The summed E-state index contributed by atoms with van der Waals surface area (Å²) in [6.45, 7) is 2.98.